The van der Waals surface area contributed by atoms with Gasteiger partial charge < -0.3 is 20.5 Å². The number of carbonyl (C=O) groups is 2. The van der Waals surface area contributed by atoms with Gasteiger partial charge in [0.1, 0.15) is 11.5 Å². The summed E-state index contributed by atoms with van der Waals surface area (Å²) in [6, 6.07) is 12.0. The first-order valence-corrected chi connectivity index (χ1v) is 7.97. The lowest BCUT2D eigenvalue weighted by molar-refractivity contribution is -0.116. The lowest BCUT2D eigenvalue weighted by atomic mass is 10.1. The van der Waals surface area contributed by atoms with Gasteiger partial charge in [-0.25, -0.2) is 0 Å². The zero-order valence-electron chi connectivity index (χ0n) is 14.4. The molecule has 0 radical (unpaired) electrons. The Kier molecular flexibility index (Phi) is 6.39. The Hall–Kier alpha value is -3.02. The zero-order chi connectivity index (χ0) is 18.2. The van der Waals surface area contributed by atoms with Crippen molar-refractivity contribution in [1.29, 1.82) is 0 Å². The van der Waals surface area contributed by atoms with Crippen molar-refractivity contribution in [2.24, 2.45) is 0 Å². The van der Waals surface area contributed by atoms with E-state index in [0.29, 0.717) is 47.9 Å². The van der Waals surface area contributed by atoms with E-state index in [1.807, 2.05) is 0 Å². The molecule has 2 rings (SSSR count). The molecule has 2 aromatic rings. The third-order valence-electron chi connectivity index (χ3n) is 3.59. The second-order valence-electron chi connectivity index (χ2n) is 5.54. The molecule has 2 aromatic carbocycles. The second kappa shape index (κ2) is 8.73. The predicted octanol–water partition coefficient (Wildman–Crippen LogP) is 3.28. The molecule has 132 valence electrons. The van der Waals surface area contributed by atoms with Gasteiger partial charge in [0.05, 0.1) is 19.4 Å². The average Bonchev–Trinajstić information content (AvgIpc) is 2.59. The molecular weight excluding hydrogens is 320 g/mol. The molecule has 0 atom stereocenters. The van der Waals surface area contributed by atoms with Gasteiger partial charge >= 0.3 is 0 Å². The topological polar surface area (TPSA) is 90.6 Å². The molecule has 3 N–H and O–H groups in total. The first-order chi connectivity index (χ1) is 12.0. The first-order valence-electron chi connectivity index (χ1n) is 7.97. The van der Waals surface area contributed by atoms with Gasteiger partial charge in [-0.05, 0) is 55.8 Å². The second-order valence-corrected chi connectivity index (χ2v) is 5.54. The molecule has 0 aliphatic carbocycles. The van der Waals surface area contributed by atoms with Crippen LogP contribution < -0.4 is 20.5 Å². The Labute approximate surface area is 146 Å². The highest BCUT2D eigenvalue weighted by molar-refractivity contribution is 5.94. The van der Waals surface area contributed by atoms with Crippen molar-refractivity contribution >= 4 is 23.1 Å². The van der Waals surface area contributed by atoms with E-state index in [1.165, 1.54) is 14.0 Å². The molecule has 0 unspecified atom stereocenters. The van der Waals surface area contributed by atoms with Gasteiger partial charge in [-0.2, -0.15) is 0 Å². The molecule has 0 saturated heterocycles. The van der Waals surface area contributed by atoms with Gasteiger partial charge in [-0.1, -0.05) is 0 Å². The highest BCUT2D eigenvalue weighted by atomic mass is 16.5. The molecule has 0 aliphatic rings. The number of methoxy groups -OCH3 is 1. The summed E-state index contributed by atoms with van der Waals surface area (Å²) >= 11 is 0. The molecule has 25 heavy (non-hydrogen) atoms. The quantitative estimate of drug-likeness (QED) is 0.436. The largest absolute Gasteiger partial charge is 0.495 e. The van der Waals surface area contributed by atoms with E-state index in [4.69, 9.17) is 15.2 Å². The molecule has 0 saturated carbocycles. The van der Waals surface area contributed by atoms with Crippen LogP contribution in [0.4, 0.5) is 11.4 Å². The van der Waals surface area contributed by atoms with Crippen molar-refractivity contribution in [2.75, 3.05) is 24.8 Å². The van der Waals surface area contributed by atoms with Crippen LogP contribution in [0.5, 0.6) is 11.5 Å². The summed E-state index contributed by atoms with van der Waals surface area (Å²) in [5, 5.41) is 2.79. The minimum Gasteiger partial charge on any atom is -0.495 e. The van der Waals surface area contributed by atoms with Gasteiger partial charge in [0.2, 0.25) is 5.91 Å². The van der Waals surface area contributed by atoms with Crippen LogP contribution in [0.2, 0.25) is 0 Å². The van der Waals surface area contributed by atoms with Crippen LogP contribution in [0.15, 0.2) is 42.5 Å². The molecule has 6 heteroatoms. The molecule has 0 aliphatic heterocycles. The van der Waals surface area contributed by atoms with Crippen LogP contribution in [-0.4, -0.2) is 25.4 Å². The summed E-state index contributed by atoms with van der Waals surface area (Å²) in [7, 11) is 1.54. The number of hydrogen-bond acceptors (Lipinski definition) is 5. The standard InChI is InChI=1S/C19H22N2O4/c1-13(22)14-5-8-16(9-6-14)25-11-3-4-19(23)21-15-7-10-18(24-2)17(20)12-15/h5-10,12H,3-4,11,20H2,1-2H3,(H,21,23). The van der Waals surface area contributed by atoms with Crippen molar-refractivity contribution in [2.45, 2.75) is 19.8 Å². The molecule has 0 heterocycles. The van der Waals surface area contributed by atoms with E-state index >= 15 is 0 Å². The SMILES string of the molecule is COc1ccc(NC(=O)CCCOc2ccc(C(C)=O)cc2)cc1N. The zero-order valence-corrected chi connectivity index (χ0v) is 14.4. The number of amides is 1. The van der Waals surface area contributed by atoms with Crippen LogP contribution in [0.3, 0.4) is 0 Å². The van der Waals surface area contributed by atoms with E-state index in [-0.39, 0.29) is 11.7 Å². The monoisotopic (exact) mass is 342 g/mol. The van der Waals surface area contributed by atoms with Crippen molar-refractivity contribution in [3.63, 3.8) is 0 Å². The third kappa shape index (κ3) is 5.53. The Morgan fingerprint density at radius 2 is 1.84 bits per heavy atom. The number of carbonyl (C=O) groups excluding carboxylic acids is 2. The van der Waals surface area contributed by atoms with Gasteiger partial charge in [0.15, 0.2) is 5.78 Å². The summed E-state index contributed by atoms with van der Waals surface area (Å²) in [5.41, 5.74) is 7.55. The number of anilines is 2. The lowest BCUT2D eigenvalue weighted by Crippen LogP contribution is -2.13. The van der Waals surface area contributed by atoms with Crippen LogP contribution in [-0.2, 0) is 4.79 Å². The van der Waals surface area contributed by atoms with Gasteiger partial charge in [-0.15, -0.1) is 0 Å². The number of ether oxygens (including phenoxy) is 2. The molecule has 1 amide bonds. The van der Waals surface area contributed by atoms with Crippen LogP contribution in [0, 0.1) is 0 Å². The van der Waals surface area contributed by atoms with E-state index < -0.39 is 0 Å². The Morgan fingerprint density at radius 1 is 1.12 bits per heavy atom. The average molecular weight is 342 g/mol. The van der Waals surface area contributed by atoms with E-state index in [2.05, 4.69) is 5.32 Å². The number of Topliss-reactive ketones (excluding diaryl/α,β-unsaturated/α-hetero) is 1. The summed E-state index contributed by atoms with van der Waals surface area (Å²) in [6.07, 6.45) is 0.906. The summed E-state index contributed by atoms with van der Waals surface area (Å²) in [5.74, 6) is 1.15. The summed E-state index contributed by atoms with van der Waals surface area (Å²) in [4.78, 5) is 23.1. The number of nitrogen functional groups attached to an aromatic ring is 1. The highest BCUT2D eigenvalue weighted by Crippen LogP contribution is 2.24. The van der Waals surface area contributed by atoms with Crippen LogP contribution in [0.25, 0.3) is 0 Å². The number of benzene rings is 2. The smallest absolute Gasteiger partial charge is 0.224 e. The fourth-order valence-corrected chi connectivity index (χ4v) is 2.24. The van der Waals surface area contributed by atoms with Crippen molar-refractivity contribution < 1.29 is 19.1 Å². The first kappa shape index (κ1) is 18.3. The minimum atomic E-state index is -0.111. The highest BCUT2D eigenvalue weighted by Gasteiger charge is 2.06. The van der Waals surface area contributed by atoms with Gasteiger partial charge in [-0.3, -0.25) is 9.59 Å². The number of ketones is 1. The number of nitrogens with one attached hydrogen (secondary N) is 1. The number of rotatable bonds is 8. The molecule has 0 fully saturated rings. The number of nitrogens with two attached hydrogens (primary N) is 1. The lowest BCUT2D eigenvalue weighted by Gasteiger charge is -2.09. The maximum absolute atomic E-state index is 11.9. The summed E-state index contributed by atoms with van der Waals surface area (Å²) in [6.45, 7) is 1.93. The maximum atomic E-state index is 11.9. The van der Waals surface area contributed by atoms with Crippen molar-refractivity contribution in [3.8, 4) is 11.5 Å². The van der Waals surface area contributed by atoms with Crippen LogP contribution in [0.1, 0.15) is 30.1 Å². The Morgan fingerprint density at radius 3 is 2.44 bits per heavy atom. The van der Waals surface area contributed by atoms with E-state index in [1.54, 1.807) is 42.5 Å². The predicted molar refractivity (Wildman–Crippen MR) is 97.2 cm³/mol. The van der Waals surface area contributed by atoms with Crippen molar-refractivity contribution in [1.82, 2.24) is 0 Å². The molecule has 0 bridgehead atoms. The maximum Gasteiger partial charge on any atom is 0.224 e. The Bertz CT molecular complexity index is 742. The number of hydrogen-bond donors (Lipinski definition) is 2. The fraction of sp³-hybridized carbons (Fsp3) is 0.263. The molecular formula is C19H22N2O4. The normalized spacial score (nSPS) is 10.2. The molecule has 0 spiro atoms. The minimum absolute atomic E-state index is 0.0161. The van der Waals surface area contributed by atoms with Crippen LogP contribution >= 0.6 is 0 Å². The third-order valence-corrected chi connectivity index (χ3v) is 3.59. The fourth-order valence-electron chi connectivity index (χ4n) is 2.24. The van der Waals surface area contributed by atoms with Gasteiger partial charge in [0.25, 0.3) is 0 Å². The molecule has 6 nitrogen and oxygen atoms in total. The van der Waals surface area contributed by atoms with E-state index in [0.717, 1.165) is 0 Å². The summed E-state index contributed by atoms with van der Waals surface area (Å²) < 4.78 is 10.6. The molecule has 0 aromatic heterocycles. The van der Waals surface area contributed by atoms with Gasteiger partial charge in [0, 0.05) is 17.7 Å². The van der Waals surface area contributed by atoms with E-state index in [9.17, 15) is 9.59 Å². The Balaban J connectivity index is 1.73. The van der Waals surface area contributed by atoms with Crippen molar-refractivity contribution in [3.05, 3.63) is 48.0 Å².